The van der Waals surface area contributed by atoms with Gasteiger partial charge in [0.15, 0.2) is 5.82 Å². The minimum atomic E-state index is -4.37. The van der Waals surface area contributed by atoms with Gasteiger partial charge in [0, 0.05) is 24.4 Å². The summed E-state index contributed by atoms with van der Waals surface area (Å²) in [7, 11) is 0. The van der Waals surface area contributed by atoms with Crippen molar-refractivity contribution < 1.29 is 13.2 Å². The molecule has 2 aromatic heterocycles. The third-order valence-electron chi connectivity index (χ3n) is 2.94. The average molecular weight is 268 g/mol. The smallest absolute Gasteiger partial charge is 0.237 e. The van der Waals surface area contributed by atoms with Gasteiger partial charge in [0.2, 0.25) is 0 Å². The molecule has 0 aromatic carbocycles. The van der Waals surface area contributed by atoms with Gasteiger partial charge >= 0.3 is 6.18 Å². The van der Waals surface area contributed by atoms with Crippen LogP contribution in [-0.4, -0.2) is 14.8 Å². The summed E-state index contributed by atoms with van der Waals surface area (Å²) in [5.41, 5.74) is 0.0127. The molecule has 0 saturated heterocycles. The van der Waals surface area contributed by atoms with E-state index in [1.54, 1.807) is 6.20 Å². The summed E-state index contributed by atoms with van der Waals surface area (Å²) in [6, 6.07) is 5.28. The first kappa shape index (κ1) is 13.6. The molecule has 3 nitrogen and oxygen atoms in total. The number of halogens is 3. The fourth-order valence-corrected chi connectivity index (χ4v) is 1.54. The molecule has 19 heavy (non-hydrogen) atoms. The Hall–Kier alpha value is -1.85. The Morgan fingerprint density at radius 3 is 2.63 bits per heavy atom. The van der Waals surface area contributed by atoms with E-state index in [0.29, 0.717) is 5.82 Å². The van der Waals surface area contributed by atoms with Crippen LogP contribution in [0.4, 0.5) is 13.2 Å². The van der Waals surface area contributed by atoms with E-state index >= 15 is 0 Å². The molecule has 1 unspecified atom stereocenters. The normalized spacial score (nSPS) is 13.5. The van der Waals surface area contributed by atoms with E-state index in [2.05, 4.69) is 16.1 Å². The molecule has 6 heteroatoms. The molecule has 0 N–H and O–H groups in total. The molecular formula is C13H13F3N3. The second-order valence-electron chi connectivity index (χ2n) is 4.32. The minimum Gasteiger partial charge on any atom is -0.237 e. The summed E-state index contributed by atoms with van der Waals surface area (Å²) in [5, 5.41) is 4.26. The first-order chi connectivity index (χ1) is 8.91. The zero-order valence-electron chi connectivity index (χ0n) is 10.6. The molecule has 0 aliphatic heterocycles. The van der Waals surface area contributed by atoms with Gasteiger partial charge in [-0.15, -0.1) is 0 Å². The molecule has 0 aliphatic rings. The maximum Gasteiger partial charge on any atom is 0.417 e. The molecule has 1 atom stereocenters. The Labute approximate surface area is 109 Å². The van der Waals surface area contributed by atoms with Crippen LogP contribution in [0.15, 0.2) is 24.5 Å². The summed E-state index contributed by atoms with van der Waals surface area (Å²) in [4.78, 5) is 3.77. The first-order valence-corrected chi connectivity index (χ1v) is 5.92. The molecule has 0 aliphatic carbocycles. The van der Waals surface area contributed by atoms with Crippen molar-refractivity contribution in [1.82, 2.24) is 14.8 Å². The lowest BCUT2D eigenvalue weighted by Gasteiger charge is -2.07. The van der Waals surface area contributed by atoms with Crippen LogP contribution in [0, 0.1) is 6.07 Å². The summed E-state index contributed by atoms with van der Waals surface area (Å²) in [5.74, 6) is 0.606. The highest BCUT2D eigenvalue weighted by Crippen LogP contribution is 2.28. The van der Waals surface area contributed by atoms with Crippen LogP contribution in [-0.2, 0) is 6.18 Å². The highest BCUT2D eigenvalue weighted by atomic mass is 19.4. The highest BCUT2D eigenvalue weighted by molar-refractivity contribution is 5.26. The number of aromatic nitrogens is 3. The van der Waals surface area contributed by atoms with Crippen molar-refractivity contribution in [3.05, 3.63) is 41.9 Å². The molecule has 1 radical (unpaired) electrons. The van der Waals surface area contributed by atoms with Crippen molar-refractivity contribution in [3.8, 4) is 5.82 Å². The standard InChI is InChI=1S/C13H13F3N3/c1-3-9(2)11-6-7-19(18-11)12-5-4-10(8-17-12)13(14,15)16/h4-5,7-9H,3H2,1-2H3. The van der Waals surface area contributed by atoms with Gasteiger partial charge in [0.25, 0.3) is 0 Å². The van der Waals surface area contributed by atoms with Crippen LogP contribution in [0.5, 0.6) is 0 Å². The number of hydrogen-bond donors (Lipinski definition) is 0. The van der Waals surface area contributed by atoms with Gasteiger partial charge in [-0.1, -0.05) is 13.8 Å². The Morgan fingerprint density at radius 1 is 1.37 bits per heavy atom. The molecule has 0 saturated carbocycles. The molecule has 2 aromatic rings. The molecule has 0 spiro atoms. The molecule has 101 valence electrons. The summed E-state index contributed by atoms with van der Waals surface area (Å²) in [6.45, 7) is 4.05. The van der Waals surface area contributed by atoms with E-state index in [4.69, 9.17) is 0 Å². The lowest BCUT2D eigenvalue weighted by Crippen LogP contribution is -2.07. The molecule has 2 rings (SSSR count). The van der Waals surface area contributed by atoms with Crippen molar-refractivity contribution in [2.45, 2.75) is 32.4 Å². The first-order valence-electron chi connectivity index (χ1n) is 5.92. The molecule has 0 fully saturated rings. The predicted octanol–water partition coefficient (Wildman–Crippen LogP) is 3.60. The van der Waals surface area contributed by atoms with Crippen molar-refractivity contribution in [1.29, 1.82) is 0 Å². The second kappa shape index (κ2) is 5.03. The maximum absolute atomic E-state index is 12.4. The second-order valence-corrected chi connectivity index (χ2v) is 4.32. The number of alkyl halides is 3. The predicted molar refractivity (Wildman–Crippen MR) is 63.9 cm³/mol. The molecule has 0 amide bonds. The topological polar surface area (TPSA) is 30.7 Å². The highest BCUT2D eigenvalue weighted by Gasteiger charge is 2.30. The zero-order chi connectivity index (χ0) is 14.0. The molecule has 0 bridgehead atoms. The summed E-state index contributed by atoms with van der Waals surface area (Å²) in [6.07, 6.45) is -1.06. The van der Waals surface area contributed by atoms with Crippen molar-refractivity contribution in [3.63, 3.8) is 0 Å². The van der Waals surface area contributed by atoms with E-state index in [1.165, 1.54) is 10.7 Å². The van der Waals surface area contributed by atoms with E-state index in [9.17, 15) is 13.2 Å². The SMILES string of the molecule is CCC(C)c1[c]cn(-c2ccc(C(F)(F)F)cn2)n1. The third kappa shape index (κ3) is 2.94. The van der Waals surface area contributed by atoms with Crippen LogP contribution >= 0.6 is 0 Å². The van der Waals surface area contributed by atoms with Gasteiger partial charge < -0.3 is 0 Å². The number of pyridine rings is 1. The van der Waals surface area contributed by atoms with Crippen LogP contribution in [0.3, 0.4) is 0 Å². The van der Waals surface area contributed by atoms with Gasteiger partial charge in [0.05, 0.1) is 11.3 Å². The van der Waals surface area contributed by atoms with Crippen LogP contribution in [0.25, 0.3) is 5.82 Å². The Balaban J connectivity index is 2.25. The number of rotatable bonds is 3. The quantitative estimate of drug-likeness (QED) is 0.851. The van der Waals surface area contributed by atoms with Crippen molar-refractivity contribution in [2.75, 3.05) is 0 Å². The average Bonchev–Trinajstić information content (AvgIpc) is 2.86. The fourth-order valence-electron chi connectivity index (χ4n) is 1.54. The van der Waals surface area contributed by atoms with E-state index < -0.39 is 11.7 Å². The molecular weight excluding hydrogens is 255 g/mol. The van der Waals surface area contributed by atoms with Gasteiger partial charge in [-0.3, -0.25) is 0 Å². The van der Waals surface area contributed by atoms with Gasteiger partial charge in [-0.2, -0.15) is 18.3 Å². The van der Waals surface area contributed by atoms with Crippen molar-refractivity contribution in [2.24, 2.45) is 0 Å². The summed E-state index contributed by atoms with van der Waals surface area (Å²) >= 11 is 0. The Morgan fingerprint density at radius 2 is 2.11 bits per heavy atom. The van der Waals surface area contributed by atoms with E-state index in [0.717, 1.165) is 24.4 Å². The van der Waals surface area contributed by atoms with E-state index in [-0.39, 0.29) is 5.92 Å². The van der Waals surface area contributed by atoms with Gasteiger partial charge in [-0.05, 0) is 18.6 Å². The monoisotopic (exact) mass is 268 g/mol. The van der Waals surface area contributed by atoms with E-state index in [1.807, 2.05) is 13.8 Å². The lowest BCUT2D eigenvalue weighted by molar-refractivity contribution is -0.137. The Kier molecular flexibility index (Phi) is 3.59. The lowest BCUT2D eigenvalue weighted by atomic mass is 10.1. The van der Waals surface area contributed by atoms with Gasteiger partial charge in [-0.25, -0.2) is 9.67 Å². The van der Waals surface area contributed by atoms with Gasteiger partial charge in [0.1, 0.15) is 0 Å². The number of nitrogens with zero attached hydrogens (tertiary/aromatic N) is 3. The minimum absolute atomic E-state index is 0.260. The van der Waals surface area contributed by atoms with Crippen LogP contribution in [0.1, 0.15) is 37.4 Å². The largest absolute Gasteiger partial charge is 0.417 e. The third-order valence-corrected chi connectivity index (χ3v) is 2.94. The van der Waals surface area contributed by atoms with Crippen molar-refractivity contribution >= 4 is 0 Å². The maximum atomic E-state index is 12.4. The van der Waals surface area contributed by atoms with Crippen LogP contribution < -0.4 is 0 Å². The Bertz CT molecular complexity index is 543. The molecule has 2 heterocycles. The fraction of sp³-hybridized carbons (Fsp3) is 0.385. The number of hydrogen-bond acceptors (Lipinski definition) is 2. The summed E-state index contributed by atoms with van der Waals surface area (Å²) < 4.78 is 38.7. The zero-order valence-corrected chi connectivity index (χ0v) is 10.6. The van der Waals surface area contributed by atoms with Crippen LogP contribution in [0.2, 0.25) is 0 Å².